The molecule has 0 aliphatic carbocycles. The van der Waals surface area contributed by atoms with Gasteiger partial charge in [-0.1, -0.05) is 13.8 Å². The van der Waals surface area contributed by atoms with Crippen LogP contribution in [0.5, 0.6) is 0 Å². The first-order chi connectivity index (χ1) is 9.34. The first kappa shape index (κ1) is 21.2. The second-order valence-electron chi connectivity index (χ2n) is 5.19. The van der Waals surface area contributed by atoms with Crippen LogP contribution in [0, 0.1) is 5.41 Å². The molecule has 0 saturated carbocycles. The third-order valence-corrected chi connectivity index (χ3v) is 2.43. The Kier molecular flexibility index (Phi) is 12.4. The van der Waals surface area contributed by atoms with Gasteiger partial charge < -0.3 is 19.8 Å². The number of nitrogens with one attached hydrogen (secondary N) is 1. The number of rotatable bonds is 1. The van der Waals surface area contributed by atoms with E-state index >= 15 is 0 Å². The molecule has 1 heterocycles. The molecule has 0 unspecified atom stereocenters. The predicted molar refractivity (Wildman–Crippen MR) is 83.6 cm³/mol. The van der Waals surface area contributed by atoms with E-state index in [2.05, 4.69) is 0 Å². The molecule has 0 radical (unpaired) electrons. The van der Waals surface area contributed by atoms with Gasteiger partial charge in [-0.2, -0.15) is 0 Å². The van der Waals surface area contributed by atoms with Crippen LogP contribution in [0.4, 0.5) is 4.79 Å². The summed E-state index contributed by atoms with van der Waals surface area (Å²) in [6.07, 6.45) is 3.13. The van der Waals surface area contributed by atoms with E-state index in [9.17, 15) is 4.79 Å². The van der Waals surface area contributed by atoms with Crippen molar-refractivity contribution in [3.05, 3.63) is 0 Å². The van der Waals surface area contributed by atoms with E-state index in [0.717, 1.165) is 25.9 Å². The lowest BCUT2D eigenvalue weighted by molar-refractivity contribution is 0.00173. The third-order valence-electron chi connectivity index (χ3n) is 2.43. The van der Waals surface area contributed by atoms with Gasteiger partial charge in [0.1, 0.15) is 5.60 Å². The highest BCUT2D eigenvalue weighted by molar-refractivity contribution is 5.68. The molecule has 120 valence electrons. The Hall–Kier alpha value is -1.10. The van der Waals surface area contributed by atoms with E-state index in [1.54, 1.807) is 18.9 Å². The van der Waals surface area contributed by atoms with Crippen LogP contribution in [0.1, 0.15) is 54.4 Å². The molecule has 1 aliphatic heterocycles. The summed E-state index contributed by atoms with van der Waals surface area (Å²) in [6, 6.07) is 0. The maximum atomic E-state index is 11.7. The molecule has 1 aliphatic rings. The number of amides is 1. The lowest BCUT2D eigenvalue weighted by Gasteiger charge is -2.32. The second kappa shape index (κ2) is 11.7. The standard InChI is InChI=1S/C11H21NO3.C2H5N.C2H6/c1-11(2,3)15-10(13)12-7-5-9(14-4)6-8-12;1-2-3;1-2/h9H,5-8H2,1-4H3;2-3H,1H3;1-2H3. The Morgan fingerprint density at radius 3 is 1.95 bits per heavy atom. The van der Waals surface area contributed by atoms with E-state index in [4.69, 9.17) is 14.9 Å². The van der Waals surface area contributed by atoms with E-state index in [0.29, 0.717) is 6.10 Å². The molecule has 5 nitrogen and oxygen atoms in total. The lowest BCUT2D eigenvalue weighted by Crippen LogP contribution is -2.43. The lowest BCUT2D eigenvalue weighted by atomic mass is 10.1. The number of ether oxygens (including phenoxy) is 2. The molecule has 5 heteroatoms. The van der Waals surface area contributed by atoms with Gasteiger partial charge in [-0.3, -0.25) is 0 Å². The van der Waals surface area contributed by atoms with Gasteiger partial charge >= 0.3 is 6.09 Å². The zero-order valence-electron chi connectivity index (χ0n) is 14.2. The summed E-state index contributed by atoms with van der Waals surface area (Å²) in [5.41, 5.74) is -0.408. The van der Waals surface area contributed by atoms with Crippen molar-refractivity contribution in [2.75, 3.05) is 20.2 Å². The summed E-state index contributed by atoms with van der Waals surface area (Å²) in [5, 5.41) is 6.08. The fraction of sp³-hybridized carbons (Fsp3) is 0.867. The highest BCUT2D eigenvalue weighted by atomic mass is 16.6. The number of methoxy groups -OCH3 is 1. The molecule has 0 aromatic carbocycles. The summed E-state index contributed by atoms with van der Waals surface area (Å²) in [4.78, 5) is 13.4. The summed E-state index contributed by atoms with van der Waals surface area (Å²) in [7, 11) is 1.72. The van der Waals surface area contributed by atoms with Crippen LogP contribution in [0.25, 0.3) is 0 Å². The van der Waals surface area contributed by atoms with E-state index in [-0.39, 0.29) is 6.09 Å². The van der Waals surface area contributed by atoms with Gasteiger partial charge in [0.25, 0.3) is 0 Å². The summed E-state index contributed by atoms with van der Waals surface area (Å²) in [6.45, 7) is 12.8. The number of carbonyl (C=O) groups excluding carboxylic acids is 1. The molecule has 1 rings (SSSR count). The normalized spacial score (nSPS) is 15.2. The molecule has 0 bridgehead atoms. The zero-order chi connectivity index (χ0) is 16.2. The number of likely N-dealkylation sites (tertiary alicyclic amines) is 1. The minimum absolute atomic E-state index is 0.211. The van der Waals surface area contributed by atoms with Gasteiger partial charge in [0, 0.05) is 20.2 Å². The highest BCUT2D eigenvalue weighted by Crippen LogP contribution is 2.16. The van der Waals surface area contributed by atoms with E-state index < -0.39 is 5.60 Å². The maximum Gasteiger partial charge on any atom is 0.410 e. The third kappa shape index (κ3) is 10.8. The molecule has 0 atom stereocenters. The van der Waals surface area contributed by atoms with Gasteiger partial charge in [-0.25, -0.2) is 4.79 Å². The van der Waals surface area contributed by atoms with Crippen molar-refractivity contribution in [1.82, 2.24) is 4.90 Å². The average Bonchev–Trinajstić information content (AvgIpc) is 2.40. The first-order valence-corrected chi connectivity index (χ1v) is 7.29. The minimum atomic E-state index is -0.408. The largest absolute Gasteiger partial charge is 0.444 e. The molecule has 1 N–H and O–H groups in total. The van der Waals surface area contributed by atoms with Crippen LogP contribution >= 0.6 is 0 Å². The van der Waals surface area contributed by atoms with Gasteiger partial charge in [0.2, 0.25) is 0 Å². The SMILES string of the molecule is CC.CC=N.COC1CCN(C(=O)OC(C)(C)C)CC1. The van der Waals surface area contributed by atoms with Crippen LogP contribution < -0.4 is 0 Å². The predicted octanol–water partition coefficient (Wildman–Crippen LogP) is 3.71. The zero-order valence-corrected chi connectivity index (χ0v) is 14.2. The topological polar surface area (TPSA) is 62.6 Å². The van der Waals surface area contributed by atoms with Crippen LogP contribution in [0.2, 0.25) is 0 Å². The Morgan fingerprint density at radius 1 is 1.25 bits per heavy atom. The van der Waals surface area contributed by atoms with Gasteiger partial charge in [0.15, 0.2) is 0 Å². The van der Waals surface area contributed by atoms with Crippen molar-refractivity contribution in [1.29, 1.82) is 5.41 Å². The fourth-order valence-corrected chi connectivity index (χ4v) is 1.60. The van der Waals surface area contributed by atoms with Crippen LogP contribution in [0.3, 0.4) is 0 Å². The van der Waals surface area contributed by atoms with Crippen LogP contribution in [-0.2, 0) is 9.47 Å². The summed E-state index contributed by atoms with van der Waals surface area (Å²) in [5.74, 6) is 0. The number of nitrogens with zero attached hydrogens (tertiary/aromatic N) is 1. The molecule has 0 aromatic rings. The Labute approximate surface area is 124 Å². The maximum absolute atomic E-state index is 11.7. The summed E-state index contributed by atoms with van der Waals surface area (Å²) >= 11 is 0. The Bertz CT molecular complexity index is 254. The number of hydrogen-bond donors (Lipinski definition) is 1. The van der Waals surface area contributed by atoms with Crippen molar-refractivity contribution in [3.63, 3.8) is 0 Å². The molecular weight excluding hydrogens is 256 g/mol. The number of hydrogen-bond acceptors (Lipinski definition) is 4. The minimum Gasteiger partial charge on any atom is -0.444 e. The van der Waals surface area contributed by atoms with E-state index in [1.165, 1.54) is 6.21 Å². The molecule has 0 aromatic heterocycles. The number of carbonyl (C=O) groups is 1. The highest BCUT2D eigenvalue weighted by Gasteiger charge is 2.26. The quantitative estimate of drug-likeness (QED) is 0.748. The molecule has 1 amide bonds. The molecule has 1 fully saturated rings. The van der Waals surface area contributed by atoms with Gasteiger partial charge in [-0.05, 0) is 46.8 Å². The van der Waals surface area contributed by atoms with E-state index in [1.807, 2.05) is 34.6 Å². The van der Waals surface area contributed by atoms with Crippen molar-refractivity contribution >= 4 is 12.3 Å². The molecule has 20 heavy (non-hydrogen) atoms. The van der Waals surface area contributed by atoms with Gasteiger partial charge in [0.05, 0.1) is 6.10 Å². The first-order valence-electron chi connectivity index (χ1n) is 7.29. The van der Waals surface area contributed by atoms with Crippen LogP contribution in [-0.4, -0.2) is 49.1 Å². The average molecular weight is 288 g/mol. The molecule has 1 saturated heterocycles. The van der Waals surface area contributed by atoms with Crippen molar-refractivity contribution in [2.45, 2.75) is 66.1 Å². The van der Waals surface area contributed by atoms with Crippen molar-refractivity contribution in [2.24, 2.45) is 0 Å². The summed E-state index contributed by atoms with van der Waals surface area (Å²) < 4.78 is 10.5. The molecule has 0 spiro atoms. The monoisotopic (exact) mass is 288 g/mol. The fourth-order valence-electron chi connectivity index (χ4n) is 1.60. The molecular formula is C15H32N2O3. The smallest absolute Gasteiger partial charge is 0.410 e. The van der Waals surface area contributed by atoms with Crippen molar-refractivity contribution < 1.29 is 14.3 Å². The second-order valence-corrected chi connectivity index (χ2v) is 5.19. The van der Waals surface area contributed by atoms with Gasteiger partial charge in [-0.15, -0.1) is 0 Å². The number of piperidine rings is 1. The Balaban J connectivity index is 0. The Morgan fingerprint density at radius 2 is 1.65 bits per heavy atom. The van der Waals surface area contributed by atoms with Crippen LogP contribution in [0.15, 0.2) is 0 Å². The van der Waals surface area contributed by atoms with Crippen molar-refractivity contribution in [3.8, 4) is 0 Å².